The van der Waals surface area contributed by atoms with Crippen LogP contribution in [0.4, 0.5) is 9.18 Å². The lowest BCUT2D eigenvalue weighted by atomic mass is 10.2. The molecule has 0 saturated carbocycles. The van der Waals surface area contributed by atoms with Gasteiger partial charge in [0, 0.05) is 23.7 Å². The molecule has 0 unspecified atom stereocenters. The second kappa shape index (κ2) is 8.88. The summed E-state index contributed by atoms with van der Waals surface area (Å²) in [7, 11) is 0. The SMILES string of the molecule is C[C@H](OC(=O)c1ccccc1SCc1ccccc1F)C(=O)N1CCNC1=O. The van der Waals surface area contributed by atoms with E-state index >= 15 is 0 Å². The summed E-state index contributed by atoms with van der Waals surface area (Å²) in [6, 6.07) is 12.7. The third-order valence-corrected chi connectivity index (χ3v) is 5.32. The monoisotopic (exact) mass is 402 g/mol. The van der Waals surface area contributed by atoms with Crippen LogP contribution >= 0.6 is 11.8 Å². The Morgan fingerprint density at radius 3 is 2.64 bits per heavy atom. The highest BCUT2D eigenvalue weighted by atomic mass is 32.2. The van der Waals surface area contributed by atoms with Gasteiger partial charge in [0.15, 0.2) is 6.10 Å². The Labute approximate surface area is 166 Å². The quantitative estimate of drug-likeness (QED) is 0.593. The first-order valence-corrected chi connectivity index (χ1v) is 9.71. The number of nitrogens with one attached hydrogen (secondary N) is 1. The highest BCUT2D eigenvalue weighted by Crippen LogP contribution is 2.28. The molecule has 0 radical (unpaired) electrons. The Kier molecular flexibility index (Phi) is 6.30. The number of ether oxygens (including phenoxy) is 1. The van der Waals surface area contributed by atoms with Crippen molar-refractivity contribution < 1.29 is 23.5 Å². The van der Waals surface area contributed by atoms with Crippen LogP contribution in [0.15, 0.2) is 53.4 Å². The normalized spacial score (nSPS) is 14.5. The molecule has 8 heteroatoms. The van der Waals surface area contributed by atoms with Crippen LogP contribution in [0.1, 0.15) is 22.8 Å². The van der Waals surface area contributed by atoms with Gasteiger partial charge in [-0.05, 0) is 30.7 Å². The molecule has 3 amide bonds. The number of hydrogen-bond donors (Lipinski definition) is 1. The summed E-state index contributed by atoms with van der Waals surface area (Å²) in [5.74, 6) is -1.20. The van der Waals surface area contributed by atoms with E-state index in [0.29, 0.717) is 22.8 Å². The minimum Gasteiger partial charge on any atom is -0.449 e. The highest BCUT2D eigenvalue weighted by molar-refractivity contribution is 7.98. The number of benzene rings is 2. The Morgan fingerprint density at radius 2 is 1.93 bits per heavy atom. The van der Waals surface area contributed by atoms with Crippen molar-refractivity contribution in [2.75, 3.05) is 13.1 Å². The van der Waals surface area contributed by atoms with Gasteiger partial charge in [0.25, 0.3) is 5.91 Å². The van der Waals surface area contributed by atoms with Crippen molar-refractivity contribution in [2.24, 2.45) is 0 Å². The number of hydrogen-bond acceptors (Lipinski definition) is 5. The molecule has 6 nitrogen and oxygen atoms in total. The van der Waals surface area contributed by atoms with Gasteiger partial charge < -0.3 is 10.1 Å². The number of esters is 1. The van der Waals surface area contributed by atoms with E-state index in [-0.39, 0.29) is 17.9 Å². The molecule has 2 aromatic rings. The molecule has 0 aromatic heterocycles. The van der Waals surface area contributed by atoms with Crippen molar-refractivity contribution in [1.29, 1.82) is 0 Å². The van der Waals surface area contributed by atoms with Gasteiger partial charge in [-0.15, -0.1) is 11.8 Å². The van der Waals surface area contributed by atoms with Crippen LogP contribution in [-0.4, -0.2) is 42.0 Å². The van der Waals surface area contributed by atoms with E-state index in [9.17, 15) is 18.8 Å². The maximum Gasteiger partial charge on any atom is 0.340 e. The summed E-state index contributed by atoms with van der Waals surface area (Å²) in [6.07, 6.45) is -1.10. The van der Waals surface area contributed by atoms with E-state index in [1.807, 2.05) is 0 Å². The van der Waals surface area contributed by atoms with Gasteiger partial charge in [-0.1, -0.05) is 30.3 Å². The maximum absolute atomic E-state index is 13.8. The number of thioether (sulfide) groups is 1. The average Bonchev–Trinajstić information content (AvgIpc) is 3.12. The van der Waals surface area contributed by atoms with E-state index in [1.54, 1.807) is 42.5 Å². The minimum atomic E-state index is -1.10. The minimum absolute atomic E-state index is 0.245. The summed E-state index contributed by atoms with van der Waals surface area (Å²) in [5.41, 5.74) is 0.814. The summed E-state index contributed by atoms with van der Waals surface area (Å²) in [6.45, 7) is 2.05. The second-order valence-corrected chi connectivity index (χ2v) is 7.16. The molecule has 3 rings (SSSR count). The van der Waals surface area contributed by atoms with Crippen LogP contribution in [0.3, 0.4) is 0 Å². The van der Waals surface area contributed by atoms with E-state index < -0.39 is 24.0 Å². The fourth-order valence-electron chi connectivity index (χ4n) is 2.71. The van der Waals surface area contributed by atoms with E-state index in [1.165, 1.54) is 24.8 Å². The Balaban J connectivity index is 1.67. The lowest BCUT2D eigenvalue weighted by molar-refractivity contribution is -0.136. The van der Waals surface area contributed by atoms with Crippen LogP contribution in [0.2, 0.25) is 0 Å². The van der Waals surface area contributed by atoms with Gasteiger partial charge in [0.05, 0.1) is 5.56 Å². The van der Waals surface area contributed by atoms with Crippen LogP contribution in [0, 0.1) is 5.82 Å². The molecule has 1 aliphatic heterocycles. The van der Waals surface area contributed by atoms with E-state index in [0.717, 1.165) is 4.90 Å². The van der Waals surface area contributed by atoms with Gasteiger partial charge in [-0.3, -0.25) is 9.69 Å². The number of nitrogens with zero attached hydrogens (tertiary/aromatic N) is 1. The molecule has 0 aliphatic carbocycles. The molecule has 1 heterocycles. The third kappa shape index (κ3) is 4.51. The molecule has 1 N–H and O–H groups in total. The van der Waals surface area contributed by atoms with E-state index in [2.05, 4.69) is 5.32 Å². The molecule has 2 aromatic carbocycles. The number of carbonyl (C=O) groups is 3. The Bertz CT molecular complexity index is 905. The third-order valence-electron chi connectivity index (χ3n) is 4.20. The number of carbonyl (C=O) groups excluding carboxylic acids is 3. The van der Waals surface area contributed by atoms with Crippen molar-refractivity contribution in [3.63, 3.8) is 0 Å². The first-order chi connectivity index (χ1) is 13.5. The number of amides is 3. The van der Waals surface area contributed by atoms with Crippen molar-refractivity contribution in [3.05, 3.63) is 65.5 Å². The number of imide groups is 1. The van der Waals surface area contributed by atoms with E-state index in [4.69, 9.17) is 4.74 Å². The molecule has 1 atom stereocenters. The fourth-order valence-corrected chi connectivity index (χ4v) is 3.73. The summed E-state index contributed by atoms with van der Waals surface area (Å²) in [5, 5.41) is 2.53. The number of urea groups is 1. The zero-order chi connectivity index (χ0) is 20.1. The molecule has 1 aliphatic rings. The first-order valence-electron chi connectivity index (χ1n) is 8.73. The molecular weight excluding hydrogens is 383 g/mol. The van der Waals surface area contributed by atoms with Crippen LogP contribution in [-0.2, 0) is 15.3 Å². The highest BCUT2D eigenvalue weighted by Gasteiger charge is 2.32. The fraction of sp³-hybridized carbons (Fsp3) is 0.250. The summed E-state index contributed by atoms with van der Waals surface area (Å²) < 4.78 is 19.1. The van der Waals surface area contributed by atoms with Gasteiger partial charge in [-0.25, -0.2) is 14.0 Å². The van der Waals surface area contributed by atoms with Crippen LogP contribution in [0.25, 0.3) is 0 Å². The molecule has 146 valence electrons. The first kappa shape index (κ1) is 19.9. The Hall–Kier alpha value is -2.87. The summed E-state index contributed by atoms with van der Waals surface area (Å²) in [4.78, 5) is 38.1. The standard InChI is InChI=1S/C20H19FN2O4S/c1-13(18(24)23-11-10-22-20(23)26)27-19(25)15-7-3-5-9-17(15)28-12-14-6-2-4-8-16(14)21/h2-9,13H,10-12H2,1H3,(H,22,26)/t13-/m0/s1. The molecule has 0 bridgehead atoms. The van der Waals surface area contributed by atoms with Gasteiger partial charge >= 0.3 is 12.0 Å². The Morgan fingerprint density at radius 1 is 1.21 bits per heavy atom. The predicted octanol–water partition coefficient (Wildman–Crippen LogP) is 3.22. The molecular formula is C20H19FN2O4S. The van der Waals surface area contributed by atoms with Gasteiger partial charge in [0.2, 0.25) is 0 Å². The molecule has 1 fully saturated rings. The predicted molar refractivity (Wildman–Crippen MR) is 102 cm³/mol. The maximum atomic E-state index is 13.8. The second-order valence-electron chi connectivity index (χ2n) is 6.15. The largest absolute Gasteiger partial charge is 0.449 e. The van der Waals surface area contributed by atoms with Crippen molar-refractivity contribution in [2.45, 2.75) is 23.7 Å². The molecule has 1 saturated heterocycles. The topological polar surface area (TPSA) is 75.7 Å². The molecule has 0 spiro atoms. The van der Waals surface area contributed by atoms with Gasteiger partial charge in [0.1, 0.15) is 5.82 Å². The number of halogens is 1. The van der Waals surface area contributed by atoms with Crippen LogP contribution < -0.4 is 5.32 Å². The van der Waals surface area contributed by atoms with Crippen molar-refractivity contribution in [3.8, 4) is 0 Å². The number of rotatable bonds is 6. The smallest absolute Gasteiger partial charge is 0.340 e. The zero-order valence-corrected chi connectivity index (χ0v) is 16.0. The lowest BCUT2D eigenvalue weighted by Gasteiger charge is -2.18. The molecule has 28 heavy (non-hydrogen) atoms. The zero-order valence-electron chi connectivity index (χ0n) is 15.2. The van der Waals surface area contributed by atoms with Crippen molar-refractivity contribution in [1.82, 2.24) is 10.2 Å². The van der Waals surface area contributed by atoms with Gasteiger partial charge in [-0.2, -0.15) is 0 Å². The summed E-state index contributed by atoms with van der Waals surface area (Å²) >= 11 is 1.30. The lowest BCUT2D eigenvalue weighted by Crippen LogP contribution is -2.41. The van der Waals surface area contributed by atoms with Crippen LogP contribution in [0.5, 0.6) is 0 Å². The average molecular weight is 402 g/mol. The van der Waals surface area contributed by atoms with Crippen molar-refractivity contribution >= 4 is 29.7 Å².